The first-order valence-corrected chi connectivity index (χ1v) is 4.88. The van der Waals surface area contributed by atoms with Gasteiger partial charge in [-0.1, -0.05) is 41.9 Å². The first kappa shape index (κ1) is 9.29. The van der Waals surface area contributed by atoms with Crippen LogP contribution in [0.2, 0.25) is 5.02 Å². The summed E-state index contributed by atoms with van der Waals surface area (Å²) in [5, 5.41) is 0.770. The molecule has 0 spiro atoms. The fourth-order valence-electron chi connectivity index (χ4n) is 1.46. The lowest BCUT2D eigenvalue weighted by Crippen LogP contribution is -1.81. The minimum absolute atomic E-state index is 0.770. The summed E-state index contributed by atoms with van der Waals surface area (Å²) in [6.45, 7) is 2.06. The van der Waals surface area contributed by atoms with Crippen LogP contribution in [0.4, 0.5) is 0 Å². The molecule has 2 aromatic rings. The Hall–Kier alpha value is -1.27. The van der Waals surface area contributed by atoms with Crippen LogP contribution < -0.4 is 0 Å². The molecule has 0 N–H and O–H groups in total. The van der Waals surface area contributed by atoms with Crippen molar-refractivity contribution >= 4 is 11.6 Å². The molecule has 14 heavy (non-hydrogen) atoms. The normalized spacial score (nSPS) is 10.1. The predicted molar refractivity (Wildman–Crippen MR) is 60.5 cm³/mol. The summed E-state index contributed by atoms with van der Waals surface area (Å²) in [6, 6.07) is 17.1. The van der Waals surface area contributed by atoms with Gasteiger partial charge in [0.15, 0.2) is 0 Å². The summed E-state index contributed by atoms with van der Waals surface area (Å²) in [5.41, 5.74) is 3.56. The number of benzene rings is 2. The zero-order valence-electron chi connectivity index (χ0n) is 7.92. The Labute approximate surface area is 89.2 Å². The van der Waals surface area contributed by atoms with Crippen molar-refractivity contribution in [1.29, 1.82) is 0 Å². The summed E-state index contributed by atoms with van der Waals surface area (Å²) in [7, 11) is 0. The monoisotopic (exact) mass is 201 g/mol. The van der Waals surface area contributed by atoms with Crippen LogP contribution in [0, 0.1) is 13.0 Å². The number of halogens is 1. The van der Waals surface area contributed by atoms with Crippen molar-refractivity contribution in [2.45, 2.75) is 6.92 Å². The molecule has 1 radical (unpaired) electrons. The van der Waals surface area contributed by atoms with Gasteiger partial charge in [-0.05, 0) is 41.8 Å². The lowest BCUT2D eigenvalue weighted by atomic mass is 10.0. The highest BCUT2D eigenvalue weighted by molar-refractivity contribution is 6.30. The van der Waals surface area contributed by atoms with Crippen molar-refractivity contribution < 1.29 is 0 Å². The second-order valence-electron chi connectivity index (χ2n) is 3.22. The van der Waals surface area contributed by atoms with Gasteiger partial charge in [0.05, 0.1) is 0 Å². The molecule has 2 aromatic carbocycles. The van der Waals surface area contributed by atoms with Crippen LogP contribution in [0.15, 0.2) is 42.5 Å². The van der Waals surface area contributed by atoms with Gasteiger partial charge in [0.1, 0.15) is 0 Å². The van der Waals surface area contributed by atoms with Crippen molar-refractivity contribution in [3.05, 3.63) is 59.1 Å². The lowest BCUT2D eigenvalue weighted by molar-refractivity contribution is 1.45. The van der Waals surface area contributed by atoms with Crippen molar-refractivity contribution in [3.63, 3.8) is 0 Å². The highest BCUT2D eigenvalue weighted by atomic mass is 35.5. The molecule has 0 aliphatic carbocycles. The smallest absolute Gasteiger partial charge is 0.0406 e. The maximum atomic E-state index is 5.83. The third kappa shape index (κ3) is 1.80. The fraction of sp³-hybridized carbons (Fsp3) is 0.0769. The molecule has 0 atom stereocenters. The SMILES string of the molecule is Cc1[c]cccc1-c1ccc(Cl)cc1. The molecule has 0 amide bonds. The van der Waals surface area contributed by atoms with Gasteiger partial charge < -0.3 is 0 Å². The summed E-state index contributed by atoms with van der Waals surface area (Å²) in [6.07, 6.45) is 0. The van der Waals surface area contributed by atoms with Gasteiger partial charge in [-0.15, -0.1) is 0 Å². The van der Waals surface area contributed by atoms with Crippen LogP contribution in [0.3, 0.4) is 0 Å². The molecule has 0 aliphatic heterocycles. The van der Waals surface area contributed by atoms with E-state index in [0.29, 0.717) is 0 Å². The molecule has 0 heterocycles. The average molecular weight is 202 g/mol. The molecule has 0 unspecified atom stereocenters. The molecule has 2 rings (SSSR count). The Morgan fingerprint density at radius 3 is 2.43 bits per heavy atom. The van der Waals surface area contributed by atoms with E-state index in [-0.39, 0.29) is 0 Å². The first-order chi connectivity index (χ1) is 6.77. The Bertz CT molecular complexity index is 429. The molecule has 0 aromatic heterocycles. The van der Waals surface area contributed by atoms with Gasteiger partial charge >= 0.3 is 0 Å². The Morgan fingerprint density at radius 1 is 1.07 bits per heavy atom. The lowest BCUT2D eigenvalue weighted by Gasteiger charge is -2.04. The maximum Gasteiger partial charge on any atom is 0.0406 e. The van der Waals surface area contributed by atoms with E-state index in [2.05, 4.69) is 19.1 Å². The molecule has 0 nitrogen and oxygen atoms in total. The quantitative estimate of drug-likeness (QED) is 0.651. The van der Waals surface area contributed by atoms with Crippen LogP contribution in [-0.2, 0) is 0 Å². The number of hydrogen-bond donors (Lipinski definition) is 0. The minimum Gasteiger partial charge on any atom is -0.0843 e. The average Bonchev–Trinajstić information content (AvgIpc) is 2.20. The molecular formula is C13H10Cl. The highest BCUT2D eigenvalue weighted by Crippen LogP contribution is 2.23. The number of rotatable bonds is 1. The van der Waals surface area contributed by atoms with E-state index in [1.807, 2.05) is 36.4 Å². The van der Waals surface area contributed by atoms with Crippen molar-refractivity contribution in [3.8, 4) is 11.1 Å². The van der Waals surface area contributed by atoms with E-state index in [0.717, 1.165) is 10.6 Å². The molecule has 69 valence electrons. The fourth-order valence-corrected chi connectivity index (χ4v) is 1.59. The summed E-state index contributed by atoms with van der Waals surface area (Å²) in [4.78, 5) is 0. The van der Waals surface area contributed by atoms with Gasteiger partial charge in [0, 0.05) is 5.02 Å². The summed E-state index contributed by atoms with van der Waals surface area (Å²) in [5.74, 6) is 0. The standard InChI is InChI=1S/C13H10Cl/c1-10-4-2-3-5-13(10)11-6-8-12(14)9-7-11/h2-3,5-9H,1H3. The maximum absolute atomic E-state index is 5.83. The van der Waals surface area contributed by atoms with E-state index in [4.69, 9.17) is 11.6 Å². The second-order valence-corrected chi connectivity index (χ2v) is 3.65. The predicted octanol–water partition coefficient (Wildman–Crippen LogP) is 4.12. The number of hydrogen-bond acceptors (Lipinski definition) is 0. The van der Waals surface area contributed by atoms with E-state index in [1.165, 1.54) is 11.1 Å². The molecule has 0 saturated carbocycles. The largest absolute Gasteiger partial charge is 0.0843 e. The molecular weight excluding hydrogens is 192 g/mol. The third-order valence-electron chi connectivity index (χ3n) is 2.22. The van der Waals surface area contributed by atoms with Crippen LogP contribution >= 0.6 is 11.6 Å². The van der Waals surface area contributed by atoms with Gasteiger partial charge in [-0.25, -0.2) is 0 Å². The summed E-state index contributed by atoms with van der Waals surface area (Å²) < 4.78 is 0. The molecule has 1 heteroatoms. The molecule has 0 fully saturated rings. The van der Waals surface area contributed by atoms with Gasteiger partial charge in [-0.3, -0.25) is 0 Å². The van der Waals surface area contributed by atoms with E-state index >= 15 is 0 Å². The number of aryl methyl sites for hydroxylation is 1. The van der Waals surface area contributed by atoms with Crippen LogP contribution in [0.25, 0.3) is 11.1 Å². The second kappa shape index (κ2) is 3.85. The van der Waals surface area contributed by atoms with Gasteiger partial charge in [0.2, 0.25) is 0 Å². The Kier molecular flexibility index (Phi) is 2.55. The third-order valence-corrected chi connectivity index (χ3v) is 2.47. The van der Waals surface area contributed by atoms with Crippen molar-refractivity contribution in [1.82, 2.24) is 0 Å². The summed E-state index contributed by atoms with van der Waals surface area (Å²) >= 11 is 5.83. The minimum atomic E-state index is 0.770. The van der Waals surface area contributed by atoms with Crippen LogP contribution in [0.5, 0.6) is 0 Å². The van der Waals surface area contributed by atoms with E-state index in [9.17, 15) is 0 Å². The van der Waals surface area contributed by atoms with Crippen molar-refractivity contribution in [2.24, 2.45) is 0 Å². The Morgan fingerprint density at radius 2 is 1.79 bits per heavy atom. The zero-order valence-corrected chi connectivity index (χ0v) is 8.68. The van der Waals surface area contributed by atoms with Gasteiger partial charge in [-0.2, -0.15) is 0 Å². The van der Waals surface area contributed by atoms with Crippen molar-refractivity contribution in [2.75, 3.05) is 0 Å². The van der Waals surface area contributed by atoms with Crippen LogP contribution in [-0.4, -0.2) is 0 Å². The molecule has 0 bridgehead atoms. The van der Waals surface area contributed by atoms with Gasteiger partial charge in [0.25, 0.3) is 0 Å². The topological polar surface area (TPSA) is 0 Å². The first-order valence-electron chi connectivity index (χ1n) is 4.50. The van der Waals surface area contributed by atoms with E-state index in [1.54, 1.807) is 0 Å². The highest BCUT2D eigenvalue weighted by Gasteiger charge is 1.99. The Balaban J connectivity index is 2.50. The molecule has 0 saturated heterocycles. The van der Waals surface area contributed by atoms with Crippen LogP contribution in [0.1, 0.15) is 5.56 Å². The van der Waals surface area contributed by atoms with E-state index < -0.39 is 0 Å². The molecule has 0 aliphatic rings. The zero-order chi connectivity index (χ0) is 9.97.